The molecule has 1 fully saturated rings. The predicted molar refractivity (Wildman–Crippen MR) is 54.8 cm³/mol. The molecule has 0 aromatic heterocycles. The van der Waals surface area contributed by atoms with Gasteiger partial charge in [0, 0.05) is 12.6 Å². The topological polar surface area (TPSA) is 84.5 Å². The van der Waals surface area contributed by atoms with E-state index in [1.54, 1.807) is 0 Å². The fourth-order valence-corrected chi connectivity index (χ4v) is 2.65. The lowest BCUT2D eigenvalue weighted by Gasteiger charge is -2.11. The molecule has 0 saturated carbocycles. The third-order valence-corrected chi connectivity index (χ3v) is 3.64. The first-order valence-corrected chi connectivity index (χ1v) is 6.46. The van der Waals surface area contributed by atoms with Crippen molar-refractivity contribution >= 4 is 16.0 Å². The van der Waals surface area contributed by atoms with Gasteiger partial charge in [-0.15, -0.1) is 0 Å². The lowest BCUT2D eigenvalue weighted by Crippen LogP contribution is -2.38. The molecule has 1 aliphatic heterocycles. The van der Waals surface area contributed by atoms with E-state index in [0.717, 1.165) is 13.0 Å². The largest absolute Gasteiger partial charge is 0.469 e. The van der Waals surface area contributed by atoms with E-state index in [2.05, 4.69) is 14.8 Å². The fraction of sp³-hybridized carbons (Fsp3) is 0.875. The molecule has 1 heterocycles. The van der Waals surface area contributed by atoms with E-state index in [9.17, 15) is 13.2 Å². The summed E-state index contributed by atoms with van der Waals surface area (Å²) in [6, 6.07) is -0.0485. The Morgan fingerprint density at radius 3 is 2.87 bits per heavy atom. The van der Waals surface area contributed by atoms with Crippen LogP contribution in [0.1, 0.15) is 12.8 Å². The number of carbonyl (C=O) groups is 1. The van der Waals surface area contributed by atoms with Crippen molar-refractivity contribution < 1.29 is 17.9 Å². The minimum atomic E-state index is -3.36. The first kappa shape index (κ1) is 12.4. The van der Waals surface area contributed by atoms with Crippen LogP contribution in [0.4, 0.5) is 0 Å². The van der Waals surface area contributed by atoms with Gasteiger partial charge in [-0.2, -0.15) is 0 Å². The molecule has 0 aliphatic carbocycles. The molecule has 1 unspecified atom stereocenters. The molecule has 0 aromatic rings. The number of hydrogen-bond acceptors (Lipinski definition) is 5. The SMILES string of the molecule is COC(=O)CCS(=O)(=O)NC1CCNC1. The van der Waals surface area contributed by atoms with Crippen LogP contribution >= 0.6 is 0 Å². The molecule has 15 heavy (non-hydrogen) atoms. The molecular formula is C8H16N2O4S. The summed E-state index contributed by atoms with van der Waals surface area (Å²) in [5.74, 6) is -0.721. The van der Waals surface area contributed by atoms with Crippen molar-refractivity contribution in [2.24, 2.45) is 0 Å². The Hall–Kier alpha value is -0.660. The highest BCUT2D eigenvalue weighted by atomic mass is 32.2. The van der Waals surface area contributed by atoms with Crippen molar-refractivity contribution in [3.63, 3.8) is 0 Å². The molecule has 2 N–H and O–H groups in total. The highest BCUT2D eigenvalue weighted by molar-refractivity contribution is 7.89. The smallest absolute Gasteiger partial charge is 0.306 e. The van der Waals surface area contributed by atoms with Gasteiger partial charge in [-0.25, -0.2) is 13.1 Å². The van der Waals surface area contributed by atoms with Crippen molar-refractivity contribution in [2.75, 3.05) is 26.0 Å². The van der Waals surface area contributed by atoms with Crippen LogP contribution in [0.3, 0.4) is 0 Å². The van der Waals surface area contributed by atoms with Gasteiger partial charge in [0.25, 0.3) is 0 Å². The van der Waals surface area contributed by atoms with Gasteiger partial charge in [-0.3, -0.25) is 4.79 Å². The molecular weight excluding hydrogens is 220 g/mol. The molecule has 6 nitrogen and oxygen atoms in total. The molecule has 1 saturated heterocycles. The monoisotopic (exact) mass is 236 g/mol. The van der Waals surface area contributed by atoms with Crippen LogP contribution in [0.25, 0.3) is 0 Å². The standard InChI is InChI=1S/C8H16N2O4S/c1-14-8(11)3-5-15(12,13)10-7-2-4-9-6-7/h7,9-10H,2-6H2,1H3. The quantitative estimate of drug-likeness (QED) is 0.588. The summed E-state index contributed by atoms with van der Waals surface area (Å²) in [5.41, 5.74) is 0. The number of esters is 1. The van der Waals surface area contributed by atoms with Crippen LogP contribution in [0, 0.1) is 0 Å². The van der Waals surface area contributed by atoms with Gasteiger partial charge in [-0.1, -0.05) is 0 Å². The zero-order valence-corrected chi connectivity index (χ0v) is 9.47. The Balaban J connectivity index is 2.34. The number of ether oxygens (including phenoxy) is 1. The van der Waals surface area contributed by atoms with Crippen LogP contribution in [0.5, 0.6) is 0 Å². The molecule has 0 aromatic carbocycles. The van der Waals surface area contributed by atoms with Crippen LogP contribution in [0.2, 0.25) is 0 Å². The van der Waals surface area contributed by atoms with E-state index in [1.165, 1.54) is 7.11 Å². The highest BCUT2D eigenvalue weighted by Gasteiger charge is 2.21. The Morgan fingerprint density at radius 2 is 2.33 bits per heavy atom. The molecule has 1 atom stereocenters. The summed E-state index contributed by atoms with van der Waals surface area (Å²) in [5, 5.41) is 3.05. The van der Waals surface area contributed by atoms with Crippen molar-refractivity contribution in [2.45, 2.75) is 18.9 Å². The van der Waals surface area contributed by atoms with Crippen LogP contribution < -0.4 is 10.0 Å². The van der Waals surface area contributed by atoms with Gasteiger partial charge in [-0.05, 0) is 13.0 Å². The van der Waals surface area contributed by atoms with E-state index in [0.29, 0.717) is 6.54 Å². The Kier molecular flexibility index (Phi) is 4.49. The molecule has 0 radical (unpaired) electrons. The maximum atomic E-state index is 11.5. The Morgan fingerprint density at radius 1 is 1.60 bits per heavy atom. The van der Waals surface area contributed by atoms with E-state index in [1.807, 2.05) is 0 Å². The third kappa shape index (κ3) is 4.59. The van der Waals surface area contributed by atoms with Crippen molar-refractivity contribution in [3.8, 4) is 0 Å². The Bertz CT molecular complexity index is 309. The molecule has 1 rings (SSSR count). The number of carbonyl (C=O) groups excluding carboxylic acids is 1. The lowest BCUT2D eigenvalue weighted by atomic mass is 10.3. The lowest BCUT2D eigenvalue weighted by molar-refractivity contribution is -0.140. The molecule has 0 spiro atoms. The number of sulfonamides is 1. The van der Waals surface area contributed by atoms with E-state index in [4.69, 9.17) is 0 Å². The summed E-state index contributed by atoms with van der Waals surface area (Å²) in [6.45, 7) is 1.47. The normalized spacial score (nSPS) is 21.5. The average Bonchev–Trinajstić information content (AvgIpc) is 2.66. The number of nitrogens with one attached hydrogen (secondary N) is 2. The second-order valence-electron chi connectivity index (χ2n) is 3.45. The highest BCUT2D eigenvalue weighted by Crippen LogP contribution is 2.01. The van der Waals surface area contributed by atoms with Gasteiger partial charge < -0.3 is 10.1 Å². The van der Waals surface area contributed by atoms with Gasteiger partial charge in [0.15, 0.2) is 0 Å². The van der Waals surface area contributed by atoms with Crippen LogP contribution in [-0.2, 0) is 19.6 Å². The maximum Gasteiger partial charge on any atom is 0.306 e. The second-order valence-corrected chi connectivity index (χ2v) is 5.33. The van der Waals surface area contributed by atoms with Gasteiger partial charge in [0.1, 0.15) is 0 Å². The third-order valence-electron chi connectivity index (χ3n) is 2.21. The molecule has 1 aliphatic rings. The minimum absolute atomic E-state index is 0.0485. The second kappa shape index (κ2) is 5.43. The predicted octanol–water partition coefficient (Wildman–Crippen LogP) is -1.17. The zero-order valence-electron chi connectivity index (χ0n) is 8.65. The van der Waals surface area contributed by atoms with Crippen LogP contribution in [0.15, 0.2) is 0 Å². The van der Waals surface area contributed by atoms with E-state index in [-0.39, 0.29) is 18.2 Å². The summed E-state index contributed by atoms with van der Waals surface area (Å²) >= 11 is 0. The average molecular weight is 236 g/mol. The number of methoxy groups -OCH3 is 1. The summed E-state index contributed by atoms with van der Waals surface area (Å²) in [6.07, 6.45) is 0.684. The summed E-state index contributed by atoms with van der Waals surface area (Å²) in [4.78, 5) is 10.8. The van der Waals surface area contributed by atoms with Gasteiger partial charge in [0.05, 0.1) is 19.3 Å². The van der Waals surface area contributed by atoms with Gasteiger partial charge in [0.2, 0.25) is 10.0 Å². The molecule has 7 heteroatoms. The van der Waals surface area contributed by atoms with E-state index >= 15 is 0 Å². The molecule has 0 bridgehead atoms. The minimum Gasteiger partial charge on any atom is -0.469 e. The van der Waals surface area contributed by atoms with Crippen molar-refractivity contribution in [1.82, 2.24) is 10.0 Å². The first-order chi connectivity index (χ1) is 7.03. The van der Waals surface area contributed by atoms with Crippen LogP contribution in [-0.4, -0.2) is 46.4 Å². The van der Waals surface area contributed by atoms with Crippen molar-refractivity contribution in [1.29, 1.82) is 0 Å². The zero-order chi connectivity index (χ0) is 11.3. The van der Waals surface area contributed by atoms with E-state index < -0.39 is 16.0 Å². The number of hydrogen-bond donors (Lipinski definition) is 2. The summed E-state index contributed by atoms with van der Waals surface area (Å²) < 4.78 is 29.8. The van der Waals surface area contributed by atoms with Crippen molar-refractivity contribution in [3.05, 3.63) is 0 Å². The molecule has 0 amide bonds. The number of rotatable bonds is 5. The molecule has 88 valence electrons. The fourth-order valence-electron chi connectivity index (χ4n) is 1.39. The first-order valence-electron chi connectivity index (χ1n) is 4.81. The maximum absolute atomic E-state index is 11.5. The van der Waals surface area contributed by atoms with Gasteiger partial charge >= 0.3 is 5.97 Å². The Labute approximate surface area is 89.4 Å². The summed E-state index contributed by atoms with van der Waals surface area (Å²) in [7, 11) is -2.12.